The van der Waals surface area contributed by atoms with Crippen molar-refractivity contribution in [1.29, 1.82) is 5.41 Å². The number of methoxy groups -OCH3 is 3. The Bertz CT molecular complexity index is 726. The van der Waals surface area contributed by atoms with Gasteiger partial charge in [-0.15, -0.1) is 0 Å². The Morgan fingerprint density at radius 1 is 1.00 bits per heavy atom. The summed E-state index contributed by atoms with van der Waals surface area (Å²) in [5, 5.41) is 11.3. The van der Waals surface area contributed by atoms with Crippen LogP contribution in [0.1, 0.15) is 15.9 Å². The van der Waals surface area contributed by atoms with Crippen molar-refractivity contribution in [3.63, 3.8) is 0 Å². The predicted molar refractivity (Wildman–Crippen MR) is 92.6 cm³/mol. The molecule has 6 nitrogen and oxygen atoms in total. The molecule has 126 valence electrons. The SMILES string of the molecule is COC(=O)c1ccc(OC)c(NCC(=N)c2ccc(OC)cc2)c1. The maximum Gasteiger partial charge on any atom is 0.337 e. The average molecular weight is 328 g/mol. The first-order valence-corrected chi connectivity index (χ1v) is 7.31. The zero-order valence-corrected chi connectivity index (χ0v) is 13.9. The van der Waals surface area contributed by atoms with Crippen molar-refractivity contribution in [2.24, 2.45) is 0 Å². The van der Waals surface area contributed by atoms with Gasteiger partial charge in [0.05, 0.1) is 44.8 Å². The van der Waals surface area contributed by atoms with Crippen LogP contribution < -0.4 is 14.8 Å². The van der Waals surface area contributed by atoms with Gasteiger partial charge in [-0.2, -0.15) is 0 Å². The van der Waals surface area contributed by atoms with Crippen molar-refractivity contribution in [2.45, 2.75) is 0 Å². The van der Waals surface area contributed by atoms with Crippen LogP contribution in [0.25, 0.3) is 0 Å². The highest BCUT2D eigenvalue weighted by Crippen LogP contribution is 2.26. The molecular formula is C18H20N2O4. The summed E-state index contributed by atoms with van der Waals surface area (Å²) in [6, 6.07) is 12.2. The minimum atomic E-state index is -0.425. The molecule has 0 aliphatic heterocycles. The van der Waals surface area contributed by atoms with Crippen LogP contribution >= 0.6 is 0 Å². The third-order valence-corrected chi connectivity index (χ3v) is 3.51. The molecule has 0 fully saturated rings. The molecule has 2 aromatic carbocycles. The second kappa shape index (κ2) is 8.01. The Labute approximate surface area is 140 Å². The Morgan fingerprint density at radius 3 is 2.25 bits per heavy atom. The van der Waals surface area contributed by atoms with Crippen LogP contribution in [0.2, 0.25) is 0 Å². The van der Waals surface area contributed by atoms with Crippen LogP contribution in [-0.4, -0.2) is 39.6 Å². The molecule has 0 aliphatic carbocycles. The normalized spacial score (nSPS) is 9.96. The van der Waals surface area contributed by atoms with Gasteiger partial charge in [0.15, 0.2) is 0 Å². The summed E-state index contributed by atoms with van der Waals surface area (Å²) in [5.74, 6) is 0.906. The number of rotatable bonds is 7. The van der Waals surface area contributed by atoms with Crippen molar-refractivity contribution in [3.05, 3.63) is 53.6 Å². The van der Waals surface area contributed by atoms with E-state index in [0.717, 1.165) is 11.3 Å². The minimum Gasteiger partial charge on any atom is -0.497 e. The third kappa shape index (κ3) is 4.04. The van der Waals surface area contributed by atoms with Gasteiger partial charge in [0.1, 0.15) is 11.5 Å². The lowest BCUT2D eigenvalue weighted by Gasteiger charge is -2.13. The van der Waals surface area contributed by atoms with E-state index in [1.54, 1.807) is 32.4 Å². The number of hydrogen-bond acceptors (Lipinski definition) is 6. The van der Waals surface area contributed by atoms with Gasteiger partial charge in [0, 0.05) is 0 Å². The van der Waals surface area contributed by atoms with E-state index in [-0.39, 0.29) is 6.54 Å². The largest absolute Gasteiger partial charge is 0.497 e. The summed E-state index contributed by atoms with van der Waals surface area (Å²) in [6.07, 6.45) is 0. The Kier molecular flexibility index (Phi) is 5.78. The average Bonchev–Trinajstić information content (AvgIpc) is 2.65. The topological polar surface area (TPSA) is 80.6 Å². The van der Waals surface area contributed by atoms with Gasteiger partial charge in [-0.05, 0) is 48.0 Å². The van der Waals surface area contributed by atoms with Crippen molar-refractivity contribution >= 4 is 17.4 Å². The van der Waals surface area contributed by atoms with Crippen molar-refractivity contribution < 1.29 is 19.0 Å². The second-order valence-corrected chi connectivity index (χ2v) is 4.97. The molecule has 0 atom stereocenters. The number of anilines is 1. The van der Waals surface area contributed by atoms with Gasteiger partial charge in [-0.1, -0.05) is 0 Å². The highest BCUT2D eigenvalue weighted by molar-refractivity contribution is 6.01. The van der Waals surface area contributed by atoms with Crippen LogP contribution in [-0.2, 0) is 4.74 Å². The molecule has 0 aromatic heterocycles. The van der Waals surface area contributed by atoms with E-state index >= 15 is 0 Å². The van der Waals surface area contributed by atoms with Gasteiger partial charge in [0.2, 0.25) is 0 Å². The van der Waals surface area contributed by atoms with E-state index in [9.17, 15) is 4.79 Å². The van der Waals surface area contributed by atoms with E-state index in [0.29, 0.717) is 22.7 Å². The van der Waals surface area contributed by atoms with E-state index in [1.165, 1.54) is 7.11 Å². The molecular weight excluding hydrogens is 308 g/mol. The number of carbonyl (C=O) groups excluding carboxylic acids is 1. The fourth-order valence-corrected chi connectivity index (χ4v) is 2.17. The molecule has 2 rings (SSSR count). The summed E-state index contributed by atoms with van der Waals surface area (Å²) < 4.78 is 15.1. The first-order valence-electron chi connectivity index (χ1n) is 7.31. The monoisotopic (exact) mass is 328 g/mol. The van der Waals surface area contributed by atoms with Gasteiger partial charge >= 0.3 is 5.97 Å². The zero-order valence-electron chi connectivity index (χ0n) is 13.9. The molecule has 0 unspecified atom stereocenters. The highest BCUT2D eigenvalue weighted by atomic mass is 16.5. The molecule has 6 heteroatoms. The predicted octanol–water partition coefficient (Wildman–Crippen LogP) is 2.97. The van der Waals surface area contributed by atoms with Gasteiger partial charge in [-0.25, -0.2) is 4.79 Å². The molecule has 0 spiro atoms. The zero-order chi connectivity index (χ0) is 17.5. The van der Waals surface area contributed by atoms with Crippen LogP contribution in [0.4, 0.5) is 5.69 Å². The molecule has 0 radical (unpaired) electrons. The highest BCUT2D eigenvalue weighted by Gasteiger charge is 2.11. The van der Waals surface area contributed by atoms with Crippen molar-refractivity contribution in [2.75, 3.05) is 33.2 Å². The molecule has 2 N–H and O–H groups in total. The smallest absolute Gasteiger partial charge is 0.337 e. The maximum absolute atomic E-state index is 11.6. The van der Waals surface area contributed by atoms with Crippen molar-refractivity contribution in [1.82, 2.24) is 0 Å². The lowest BCUT2D eigenvalue weighted by molar-refractivity contribution is 0.0601. The lowest BCUT2D eigenvalue weighted by Crippen LogP contribution is -2.15. The van der Waals surface area contributed by atoms with Gasteiger partial charge < -0.3 is 24.9 Å². The molecule has 0 bridgehead atoms. The number of esters is 1. The molecule has 0 saturated carbocycles. The standard InChI is InChI=1S/C18H20N2O4/c1-22-14-7-4-12(5-8-14)15(19)11-20-16-10-13(18(21)24-3)6-9-17(16)23-2/h4-10,19-20H,11H2,1-3H3. The minimum absolute atomic E-state index is 0.285. The second-order valence-electron chi connectivity index (χ2n) is 4.97. The first kappa shape index (κ1) is 17.3. The Hall–Kier alpha value is -3.02. The molecule has 0 heterocycles. The van der Waals surface area contributed by atoms with E-state index in [1.807, 2.05) is 24.3 Å². The molecule has 2 aromatic rings. The molecule has 0 amide bonds. The number of benzene rings is 2. The number of ether oxygens (including phenoxy) is 3. The van der Waals surface area contributed by atoms with E-state index in [2.05, 4.69) is 5.32 Å². The molecule has 24 heavy (non-hydrogen) atoms. The third-order valence-electron chi connectivity index (χ3n) is 3.51. The van der Waals surface area contributed by atoms with Gasteiger partial charge in [-0.3, -0.25) is 0 Å². The number of nitrogens with one attached hydrogen (secondary N) is 2. The first-order chi connectivity index (χ1) is 11.6. The maximum atomic E-state index is 11.6. The molecule has 0 aliphatic rings. The summed E-state index contributed by atoms with van der Waals surface area (Å²) in [5.41, 5.74) is 2.23. The Balaban J connectivity index is 2.11. The van der Waals surface area contributed by atoms with Crippen LogP contribution in [0.5, 0.6) is 11.5 Å². The van der Waals surface area contributed by atoms with Crippen LogP contribution in [0.3, 0.4) is 0 Å². The lowest BCUT2D eigenvalue weighted by atomic mass is 10.1. The fourth-order valence-electron chi connectivity index (χ4n) is 2.17. The van der Waals surface area contributed by atoms with Crippen LogP contribution in [0.15, 0.2) is 42.5 Å². The van der Waals surface area contributed by atoms with E-state index < -0.39 is 5.97 Å². The van der Waals surface area contributed by atoms with Gasteiger partial charge in [0.25, 0.3) is 0 Å². The van der Waals surface area contributed by atoms with Crippen LogP contribution in [0, 0.1) is 5.41 Å². The Morgan fingerprint density at radius 2 is 1.67 bits per heavy atom. The summed E-state index contributed by atoms with van der Waals surface area (Å²) >= 11 is 0. The van der Waals surface area contributed by atoms with Crippen molar-refractivity contribution in [3.8, 4) is 11.5 Å². The number of hydrogen-bond donors (Lipinski definition) is 2. The summed E-state index contributed by atoms with van der Waals surface area (Å²) in [4.78, 5) is 11.6. The molecule has 0 saturated heterocycles. The number of carbonyl (C=O) groups is 1. The fraction of sp³-hybridized carbons (Fsp3) is 0.222. The summed E-state index contributed by atoms with van der Waals surface area (Å²) in [7, 11) is 4.48. The van der Waals surface area contributed by atoms with E-state index in [4.69, 9.17) is 19.6 Å². The quantitative estimate of drug-likeness (QED) is 0.603. The summed E-state index contributed by atoms with van der Waals surface area (Å²) in [6.45, 7) is 0.285.